The molecule has 2 aromatic rings. The Hall–Kier alpha value is -3.22. The van der Waals surface area contributed by atoms with Crippen LogP contribution in [0.5, 0.6) is 0 Å². The number of cyclic esters (lactones) is 1. The molecule has 1 N–H and O–H groups in total. The molecular weight excluding hydrogens is 459 g/mol. The van der Waals surface area contributed by atoms with E-state index in [9.17, 15) is 14.0 Å². The molecule has 7 heteroatoms. The van der Waals surface area contributed by atoms with E-state index >= 15 is 0 Å². The Balaban J connectivity index is 1.34. The fourth-order valence-electron chi connectivity index (χ4n) is 6.64. The molecule has 0 unspecified atom stereocenters. The fourth-order valence-corrected chi connectivity index (χ4v) is 6.64. The van der Waals surface area contributed by atoms with E-state index in [2.05, 4.69) is 16.4 Å². The molecule has 1 aromatic carbocycles. The number of nitrogens with one attached hydrogen (secondary N) is 1. The molecule has 2 aliphatic carbocycles. The minimum absolute atomic E-state index is 0.0679. The summed E-state index contributed by atoms with van der Waals surface area (Å²) in [6, 6.07) is 10.4. The molecule has 1 saturated heterocycles. The minimum Gasteiger partial charge on any atom is -0.462 e. The van der Waals surface area contributed by atoms with E-state index in [1.54, 1.807) is 19.2 Å². The van der Waals surface area contributed by atoms with Crippen molar-refractivity contribution in [2.24, 2.45) is 29.6 Å². The second kappa shape index (κ2) is 10.4. The molecule has 3 fully saturated rings. The van der Waals surface area contributed by atoms with Crippen LogP contribution in [0.3, 0.4) is 0 Å². The van der Waals surface area contributed by atoms with E-state index in [1.807, 2.05) is 31.2 Å². The van der Waals surface area contributed by atoms with Gasteiger partial charge in [0, 0.05) is 23.7 Å². The molecule has 0 spiro atoms. The molecule has 1 aromatic heterocycles. The lowest BCUT2D eigenvalue weighted by atomic mass is 9.57. The number of hydrogen-bond donors (Lipinski definition) is 1. The largest absolute Gasteiger partial charge is 0.462 e. The van der Waals surface area contributed by atoms with Gasteiger partial charge in [-0.3, -0.25) is 9.78 Å². The number of fused-ring (bicyclic) bond motifs is 2. The number of esters is 1. The second-order valence-electron chi connectivity index (χ2n) is 10.3. The van der Waals surface area contributed by atoms with Crippen molar-refractivity contribution in [3.8, 4) is 11.1 Å². The minimum atomic E-state index is -0.368. The maximum Gasteiger partial charge on any atom is 0.407 e. The smallest absolute Gasteiger partial charge is 0.407 e. The highest BCUT2D eigenvalue weighted by atomic mass is 19.1. The van der Waals surface area contributed by atoms with Gasteiger partial charge in [0.2, 0.25) is 0 Å². The van der Waals surface area contributed by atoms with Gasteiger partial charge >= 0.3 is 12.1 Å². The number of ether oxygens (including phenoxy) is 2. The summed E-state index contributed by atoms with van der Waals surface area (Å²) < 4.78 is 24.3. The number of pyridine rings is 1. The fraction of sp³-hybridized carbons (Fsp3) is 0.483. The van der Waals surface area contributed by atoms with Gasteiger partial charge in [0.1, 0.15) is 11.9 Å². The molecule has 7 atom stereocenters. The Kier molecular flexibility index (Phi) is 7.08. The predicted octanol–water partition coefficient (Wildman–Crippen LogP) is 5.63. The summed E-state index contributed by atoms with van der Waals surface area (Å²) in [6.45, 7) is 4.15. The highest BCUT2D eigenvalue weighted by Crippen LogP contribution is 2.53. The Labute approximate surface area is 211 Å². The molecule has 5 rings (SSSR count). The molecule has 2 saturated carbocycles. The highest BCUT2D eigenvalue weighted by molar-refractivity contribution is 5.75. The normalized spacial score (nSPS) is 31.4. The van der Waals surface area contributed by atoms with Crippen molar-refractivity contribution in [1.29, 1.82) is 0 Å². The number of allylic oxidation sites excluding steroid dienone is 1. The maximum atomic E-state index is 13.6. The van der Waals surface area contributed by atoms with Gasteiger partial charge in [0.15, 0.2) is 0 Å². The number of nitrogens with zero attached hydrogens (tertiary/aromatic N) is 1. The molecule has 36 heavy (non-hydrogen) atoms. The lowest BCUT2D eigenvalue weighted by Gasteiger charge is -2.47. The molecular formula is C29H33FN2O4. The van der Waals surface area contributed by atoms with Gasteiger partial charge in [0.05, 0.1) is 18.2 Å². The zero-order chi connectivity index (χ0) is 25.2. The van der Waals surface area contributed by atoms with Crippen LogP contribution in [-0.2, 0) is 14.3 Å². The first kappa shape index (κ1) is 24.5. The summed E-state index contributed by atoms with van der Waals surface area (Å²) in [5, 5.41) is 3.00. The number of carbonyl (C=O) groups excluding carboxylic acids is 2. The van der Waals surface area contributed by atoms with Crippen LogP contribution >= 0.6 is 0 Å². The van der Waals surface area contributed by atoms with Gasteiger partial charge in [-0.15, -0.1) is 0 Å². The summed E-state index contributed by atoms with van der Waals surface area (Å²) in [6.07, 6.45) is 9.07. The third-order valence-corrected chi connectivity index (χ3v) is 8.18. The molecule has 3 aliphatic rings. The molecule has 190 valence electrons. The zero-order valence-corrected chi connectivity index (χ0v) is 20.7. The van der Waals surface area contributed by atoms with Crippen molar-refractivity contribution in [2.75, 3.05) is 6.61 Å². The summed E-state index contributed by atoms with van der Waals surface area (Å²) in [4.78, 5) is 29.2. The van der Waals surface area contributed by atoms with Crippen molar-refractivity contribution in [1.82, 2.24) is 10.3 Å². The van der Waals surface area contributed by atoms with Gasteiger partial charge in [0.25, 0.3) is 0 Å². The number of halogens is 1. The van der Waals surface area contributed by atoms with Gasteiger partial charge in [-0.25, -0.2) is 9.18 Å². The summed E-state index contributed by atoms with van der Waals surface area (Å²) >= 11 is 0. The molecule has 1 amide bonds. The average molecular weight is 493 g/mol. The van der Waals surface area contributed by atoms with E-state index in [4.69, 9.17) is 9.47 Å². The summed E-state index contributed by atoms with van der Waals surface area (Å²) in [5.74, 6) is 0.629. The first-order chi connectivity index (χ1) is 17.4. The van der Waals surface area contributed by atoms with Crippen LogP contribution < -0.4 is 5.32 Å². The van der Waals surface area contributed by atoms with Crippen LogP contribution in [0.15, 0.2) is 48.7 Å². The van der Waals surface area contributed by atoms with Crippen LogP contribution in [0.2, 0.25) is 0 Å². The Morgan fingerprint density at radius 2 is 2.08 bits per heavy atom. The Morgan fingerprint density at radius 3 is 2.83 bits per heavy atom. The monoisotopic (exact) mass is 492 g/mol. The number of aromatic nitrogens is 1. The van der Waals surface area contributed by atoms with Crippen molar-refractivity contribution in [2.45, 2.75) is 51.7 Å². The third kappa shape index (κ3) is 5.01. The van der Waals surface area contributed by atoms with Crippen molar-refractivity contribution >= 4 is 18.1 Å². The second-order valence-corrected chi connectivity index (χ2v) is 10.3. The Morgan fingerprint density at radius 1 is 1.22 bits per heavy atom. The van der Waals surface area contributed by atoms with Gasteiger partial charge in [-0.2, -0.15) is 0 Å². The van der Waals surface area contributed by atoms with Crippen LogP contribution in [0.1, 0.15) is 45.2 Å². The lowest BCUT2D eigenvalue weighted by Crippen LogP contribution is -2.48. The number of rotatable bonds is 5. The number of hydrogen-bond acceptors (Lipinski definition) is 5. The topological polar surface area (TPSA) is 77.5 Å². The van der Waals surface area contributed by atoms with Crippen molar-refractivity contribution in [3.05, 3.63) is 60.2 Å². The SMILES string of the molecule is CCOC(=O)N[C@H]1CC[C@H]2[C@H](C1)C[C@H]1C(=O)O[C@H](C)[C@H]1[C@H]2C=Cc1ccc(-c2cccc(F)c2)cn1. The van der Waals surface area contributed by atoms with E-state index < -0.39 is 0 Å². The number of amides is 1. The van der Waals surface area contributed by atoms with Crippen LogP contribution in [0.25, 0.3) is 17.2 Å². The van der Waals surface area contributed by atoms with Crippen molar-refractivity contribution < 1.29 is 23.5 Å². The quantitative estimate of drug-likeness (QED) is 0.548. The lowest BCUT2D eigenvalue weighted by molar-refractivity contribution is -0.144. The zero-order valence-electron chi connectivity index (χ0n) is 20.7. The average Bonchev–Trinajstić information content (AvgIpc) is 3.15. The van der Waals surface area contributed by atoms with E-state index in [-0.39, 0.29) is 47.8 Å². The molecule has 2 heterocycles. The number of alkyl carbamates (subject to hydrolysis) is 1. The first-order valence-electron chi connectivity index (χ1n) is 13.0. The first-order valence-corrected chi connectivity index (χ1v) is 13.0. The number of benzene rings is 1. The predicted molar refractivity (Wildman–Crippen MR) is 134 cm³/mol. The van der Waals surface area contributed by atoms with Gasteiger partial charge < -0.3 is 14.8 Å². The standard InChI is InChI=1S/C29H33FN2O4/c1-3-35-29(34)32-23-10-11-24-20(14-23)15-26-27(17(2)36-28(26)33)25(24)12-9-22-8-7-19(16-31-22)18-5-4-6-21(30)13-18/h4-9,12-13,16-17,20,23-27H,3,10-11,14-15H2,1-2H3,(H,32,34)/t17-,20-,23+,24+,25+,26-,27+/m1/s1. The molecule has 0 radical (unpaired) electrons. The molecule has 1 aliphatic heterocycles. The van der Waals surface area contributed by atoms with Gasteiger partial charge in [-0.1, -0.05) is 24.3 Å². The molecule has 6 nitrogen and oxygen atoms in total. The summed E-state index contributed by atoms with van der Waals surface area (Å²) in [5.41, 5.74) is 2.48. The molecule has 0 bridgehead atoms. The van der Waals surface area contributed by atoms with Crippen molar-refractivity contribution in [3.63, 3.8) is 0 Å². The van der Waals surface area contributed by atoms with E-state index in [1.165, 1.54) is 12.1 Å². The van der Waals surface area contributed by atoms with E-state index in [0.717, 1.165) is 42.5 Å². The van der Waals surface area contributed by atoms with Gasteiger partial charge in [-0.05, 0) is 87.1 Å². The third-order valence-electron chi connectivity index (χ3n) is 8.18. The van der Waals surface area contributed by atoms with Crippen LogP contribution in [0, 0.1) is 35.4 Å². The Bertz CT molecular complexity index is 1130. The maximum absolute atomic E-state index is 13.6. The highest BCUT2D eigenvalue weighted by Gasteiger charge is 2.54. The van der Waals surface area contributed by atoms with E-state index in [0.29, 0.717) is 18.4 Å². The van der Waals surface area contributed by atoms with Crippen LogP contribution in [-0.4, -0.2) is 35.8 Å². The summed E-state index contributed by atoms with van der Waals surface area (Å²) in [7, 11) is 0. The number of carbonyl (C=O) groups is 2. The van der Waals surface area contributed by atoms with Crippen LogP contribution in [0.4, 0.5) is 9.18 Å².